The third-order valence-electron chi connectivity index (χ3n) is 4.16. The van der Waals surface area contributed by atoms with Gasteiger partial charge in [0.25, 0.3) is 5.91 Å². The number of ether oxygens (including phenoxy) is 2. The Kier molecular flexibility index (Phi) is 6.76. The van der Waals surface area contributed by atoms with Gasteiger partial charge in [-0.2, -0.15) is 5.26 Å². The molecule has 7 heteroatoms. The van der Waals surface area contributed by atoms with Crippen LogP contribution in [0, 0.1) is 17.1 Å². The van der Waals surface area contributed by atoms with Crippen LogP contribution in [0.25, 0.3) is 6.08 Å². The number of hydrogen-bond donors (Lipinski definition) is 1. The van der Waals surface area contributed by atoms with Crippen molar-refractivity contribution in [2.45, 2.75) is 0 Å². The Bertz CT molecular complexity index is 1180. The van der Waals surface area contributed by atoms with Crippen LogP contribution in [-0.4, -0.2) is 19.0 Å². The molecule has 3 rings (SSSR count). The van der Waals surface area contributed by atoms with E-state index in [0.29, 0.717) is 11.3 Å². The highest BCUT2D eigenvalue weighted by molar-refractivity contribution is 6.09. The minimum atomic E-state index is -0.749. The molecule has 0 saturated carbocycles. The minimum absolute atomic E-state index is 0.0513. The molecule has 0 unspecified atom stereocenters. The normalized spacial score (nSPS) is 10.7. The predicted octanol–water partition coefficient (Wildman–Crippen LogP) is 4.60. The topological polar surface area (TPSA) is 88.4 Å². The fourth-order valence-corrected chi connectivity index (χ4v) is 2.67. The van der Waals surface area contributed by atoms with Gasteiger partial charge in [-0.1, -0.05) is 30.3 Å². The summed E-state index contributed by atoms with van der Waals surface area (Å²) in [4.78, 5) is 24.6. The first kappa shape index (κ1) is 21.3. The number of anilines is 1. The molecule has 31 heavy (non-hydrogen) atoms. The number of methoxy groups -OCH3 is 1. The van der Waals surface area contributed by atoms with Gasteiger partial charge in [-0.15, -0.1) is 0 Å². The SMILES string of the molecule is COc1cc(/C=C(\C#N)C(=O)Nc2ccccc2)ccc1OC(=O)c1cccc(F)c1. The Labute approximate surface area is 178 Å². The zero-order valence-electron chi connectivity index (χ0n) is 16.5. The number of carbonyl (C=O) groups is 2. The number of nitrogens with one attached hydrogen (secondary N) is 1. The molecule has 0 bridgehead atoms. The lowest BCUT2D eigenvalue weighted by atomic mass is 10.1. The summed E-state index contributed by atoms with van der Waals surface area (Å²) < 4.78 is 23.9. The molecule has 1 amide bonds. The van der Waals surface area contributed by atoms with E-state index < -0.39 is 17.7 Å². The molecule has 3 aromatic rings. The van der Waals surface area contributed by atoms with Crippen LogP contribution in [0.1, 0.15) is 15.9 Å². The van der Waals surface area contributed by atoms with Gasteiger partial charge in [0.05, 0.1) is 12.7 Å². The van der Waals surface area contributed by atoms with Crippen LogP contribution in [0.3, 0.4) is 0 Å². The third-order valence-corrected chi connectivity index (χ3v) is 4.16. The molecular weight excluding hydrogens is 399 g/mol. The number of carbonyl (C=O) groups excluding carboxylic acids is 2. The highest BCUT2D eigenvalue weighted by Crippen LogP contribution is 2.30. The number of amides is 1. The second-order valence-electron chi connectivity index (χ2n) is 6.30. The number of nitrogens with zero attached hydrogens (tertiary/aromatic N) is 1. The Morgan fingerprint density at radius 1 is 1.00 bits per heavy atom. The second kappa shape index (κ2) is 9.85. The minimum Gasteiger partial charge on any atom is -0.493 e. The monoisotopic (exact) mass is 416 g/mol. The molecule has 0 saturated heterocycles. The van der Waals surface area contributed by atoms with Crippen molar-refractivity contribution in [3.63, 3.8) is 0 Å². The number of rotatable bonds is 6. The molecular formula is C24H17FN2O4. The average molecular weight is 416 g/mol. The van der Waals surface area contributed by atoms with Gasteiger partial charge in [0, 0.05) is 5.69 Å². The van der Waals surface area contributed by atoms with Crippen molar-refractivity contribution in [1.82, 2.24) is 0 Å². The second-order valence-corrected chi connectivity index (χ2v) is 6.30. The van der Waals surface area contributed by atoms with E-state index in [1.165, 1.54) is 43.5 Å². The van der Waals surface area contributed by atoms with E-state index in [-0.39, 0.29) is 22.6 Å². The summed E-state index contributed by atoms with van der Waals surface area (Å²) in [6.07, 6.45) is 1.39. The summed E-state index contributed by atoms with van der Waals surface area (Å²) in [6.45, 7) is 0. The van der Waals surface area contributed by atoms with Crippen LogP contribution in [-0.2, 0) is 4.79 Å². The maximum absolute atomic E-state index is 13.3. The molecule has 0 radical (unpaired) electrons. The number of nitriles is 1. The molecule has 0 aliphatic rings. The summed E-state index contributed by atoms with van der Waals surface area (Å²) >= 11 is 0. The zero-order chi connectivity index (χ0) is 22.2. The first-order valence-electron chi connectivity index (χ1n) is 9.14. The van der Waals surface area contributed by atoms with Gasteiger partial charge >= 0.3 is 5.97 Å². The van der Waals surface area contributed by atoms with Crippen molar-refractivity contribution in [2.24, 2.45) is 0 Å². The molecule has 6 nitrogen and oxygen atoms in total. The van der Waals surface area contributed by atoms with E-state index in [9.17, 15) is 19.2 Å². The van der Waals surface area contributed by atoms with Crippen LogP contribution >= 0.6 is 0 Å². The largest absolute Gasteiger partial charge is 0.493 e. The standard InChI is InChI=1S/C24H17FN2O4/c1-30-22-13-16(12-18(15-26)23(28)27-20-8-3-2-4-9-20)10-11-21(22)31-24(29)17-6-5-7-19(25)14-17/h2-14H,1H3,(H,27,28)/b18-12+. The molecule has 0 aromatic heterocycles. The summed E-state index contributed by atoms with van der Waals surface area (Å²) in [7, 11) is 1.38. The molecule has 154 valence electrons. The first-order valence-corrected chi connectivity index (χ1v) is 9.14. The zero-order valence-corrected chi connectivity index (χ0v) is 16.5. The van der Waals surface area contributed by atoms with Gasteiger partial charge in [-0.05, 0) is 54.1 Å². The highest BCUT2D eigenvalue weighted by Gasteiger charge is 2.15. The fraction of sp³-hybridized carbons (Fsp3) is 0.0417. The maximum atomic E-state index is 13.3. The lowest BCUT2D eigenvalue weighted by molar-refractivity contribution is -0.112. The number of para-hydroxylation sites is 1. The fourth-order valence-electron chi connectivity index (χ4n) is 2.67. The average Bonchev–Trinajstić information content (AvgIpc) is 2.78. The molecule has 0 heterocycles. The van der Waals surface area contributed by atoms with Crippen LogP contribution < -0.4 is 14.8 Å². The number of hydrogen-bond acceptors (Lipinski definition) is 5. The smallest absolute Gasteiger partial charge is 0.343 e. The lowest BCUT2D eigenvalue weighted by Gasteiger charge is -2.10. The van der Waals surface area contributed by atoms with Crippen molar-refractivity contribution < 1.29 is 23.5 Å². The molecule has 3 aromatic carbocycles. The van der Waals surface area contributed by atoms with Gasteiger partial charge in [-0.25, -0.2) is 9.18 Å². The Balaban J connectivity index is 1.80. The van der Waals surface area contributed by atoms with Gasteiger partial charge in [-0.3, -0.25) is 4.79 Å². The molecule has 0 aliphatic carbocycles. The molecule has 1 N–H and O–H groups in total. The van der Waals surface area contributed by atoms with Crippen LogP contribution in [0.4, 0.5) is 10.1 Å². The Hall–Kier alpha value is -4.44. The van der Waals surface area contributed by atoms with E-state index in [1.54, 1.807) is 30.3 Å². The Morgan fingerprint density at radius 3 is 2.45 bits per heavy atom. The van der Waals surface area contributed by atoms with Crippen molar-refractivity contribution >= 4 is 23.6 Å². The van der Waals surface area contributed by atoms with Crippen molar-refractivity contribution in [3.8, 4) is 17.6 Å². The van der Waals surface area contributed by atoms with E-state index >= 15 is 0 Å². The molecule has 0 fully saturated rings. The number of esters is 1. The summed E-state index contributed by atoms with van der Waals surface area (Å²) in [5.74, 6) is -1.55. The van der Waals surface area contributed by atoms with Crippen molar-refractivity contribution in [3.05, 3.63) is 95.3 Å². The van der Waals surface area contributed by atoms with Crippen LogP contribution in [0.5, 0.6) is 11.5 Å². The molecule has 0 spiro atoms. The van der Waals surface area contributed by atoms with Gasteiger partial charge < -0.3 is 14.8 Å². The van der Waals surface area contributed by atoms with Gasteiger partial charge in [0.2, 0.25) is 0 Å². The first-order chi connectivity index (χ1) is 15.0. The van der Waals surface area contributed by atoms with Crippen molar-refractivity contribution in [2.75, 3.05) is 12.4 Å². The van der Waals surface area contributed by atoms with E-state index in [1.807, 2.05) is 12.1 Å². The molecule has 0 aliphatic heterocycles. The third kappa shape index (κ3) is 5.55. The predicted molar refractivity (Wildman–Crippen MR) is 113 cm³/mol. The van der Waals surface area contributed by atoms with Crippen molar-refractivity contribution in [1.29, 1.82) is 5.26 Å². The number of benzene rings is 3. The summed E-state index contributed by atoms with van der Waals surface area (Å²) in [6, 6.07) is 20.3. The van der Waals surface area contributed by atoms with E-state index in [4.69, 9.17) is 9.47 Å². The van der Waals surface area contributed by atoms with E-state index in [0.717, 1.165) is 6.07 Å². The summed E-state index contributed by atoms with van der Waals surface area (Å²) in [5.41, 5.74) is 0.985. The Morgan fingerprint density at radius 2 is 1.77 bits per heavy atom. The quantitative estimate of drug-likeness (QED) is 0.275. The summed E-state index contributed by atoms with van der Waals surface area (Å²) in [5, 5.41) is 12.0. The maximum Gasteiger partial charge on any atom is 0.343 e. The number of halogens is 1. The van der Waals surface area contributed by atoms with Crippen LogP contribution in [0.15, 0.2) is 78.4 Å². The van der Waals surface area contributed by atoms with E-state index in [2.05, 4.69) is 5.32 Å². The molecule has 0 atom stereocenters. The van der Waals surface area contributed by atoms with Gasteiger partial charge in [0.15, 0.2) is 11.5 Å². The highest BCUT2D eigenvalue weighted by atomic mass is 19.1. The van der Waals surface area contributed by atoms with Gasteiger partial charge in [0.1, 0.15) is 17.5 Å². The van der Waals surface area contributed by atoms with Crippen LogP contribution in [0.2, 0.25) is 0 Å². The lowest BCUT2D eigenvalue weighted by Crippen LogP contribution is -2.13.